The largest absolute Gasteiger partial charge is 0.489 e. The zero-order valence-electron chi connectivity index (χ0n) is 13.9. The van der Waals surface area contributed by atoms with Crippen LogP contribution in [0.4, 0.5) is 0 Å². The van der Waals surface area contributed by atoms with E-state index in [2.05, 4.69) is 4.99 Å². The van der Waals surface area contributed by atoms with Crippen molar-refractivity contribution < 1.29 is 9.53 Å². The van der Waals surface area contributed by atoms with Gasteiger partial charge in [-0.25, -0.2) is 0 Å². The molecule has 1 heterocycles. The number of nitrogens with zero attached hydrogens (tertiary/aromatic N) is 2. The number of halogens is 1. The van der Waals surface area contributed by atoms with Crippen LogP contribution in [0.1, 0.15) is 11.1 Å². The molecule has 2 aromatic carbocycles. The lowest BCUT2D eigenvalue weighted by atomic mass is 10.2. The summed E-state index contributed by atoms with van der Waals surface area (Å²) in [4.78, 5) is 18.5. The number of amides is 1. The highest BCUT2D eigenvalue weighted by Crippen LogP contribution is 2.31. The Kier molecular flexibility index (Phi) is 5.46. The highest BCUT2D eigenvalue weighted by molar-refractivity contribution is 8.18. The van der Waals surface area contributed by atoms with E-state index in [1.165, 1.54) is 11.8 Å². The van der Waals surface area contributed by atoms with Gasteiger partial charge in [-0.1, -0.05) is 41.9 Å². The van der Waals surface area contributed by atoms with E-state index < -0.39 is 0 Å². The third-order valence-electron chi connectivity index (χ3n) is 3.72. The first-order valence-electron chi connectivity index (χ1n) is 7.69. The van der Waals surface area contributed by atoms with Gasteiger partial charge < -0.3 is 4.74 Å². The number of likely N-dealkylation sites (N-methyl/N-ethyl adjacent to an activating group) is 1. The second-order valence-corrected chi connectivity index (χ2v) is 6.85. The van der Waals surface area contributed by atoms with Crippen molar-refractivity contribution in [2.24, 2.45) is 4.99 Å². The van der Waals surface area contributed by atoms with Crippen LogP contribution in [0.5, 0.6) is 5.75 Å². The highest BCUT2D eigenvalue weighted by atomic mass is 35.5. The fourth-order valence-corrected chi connectivity index (χ4v) is 3.46. The minimum Gasteiger partial charge on any atom is -0.489 e. The average Bonchev–Trinajstić information content (AvgIpc) is 2.90. The van der Waals surface area contributed by atoms with Crippen LogP contribution in [-0.4, -0.2) is 30.1 Å². The third-order valence-corrected chi connectivity index (χ3v) is 5.25. The van der Waals surface area contributed by atoms with E-state index in [0.29, 0.717) is 21.7 Å². The molecule has 3 rings (SSSR count). The Morgan fingerprint density at radius 2 is 1.92 bits per heavy atom. The standard InChI is InChI=1S/C19H17ClN2O2S/c1-21-19-22(2)18(23)17(25-19)11-13-7-9-15(10-8-13)24-12-14-5-3-4-6-16(14)20/h3-11H,12H2,1-2H3/b17-11+,21-19?. The predicted molar refractivity (Wildman–Crippen MR) is 104 cm³/mol. The first-order chi connectivity index (χ1) is 12.1. The number of rotatable bonds is 4. The molecular weight excluding hydrogens is 356 g/mol. The number of aliphatic imine (C=N–C) groups is 1. The number of hydrogen-bond donors (Lipinski definition) is 0. The van der Waals surface area contributed by atoms with Gasteiger partial charge in [-0.2, -0.15) is 0 Å². The third kappa shape index (κ3) is 4.06. The van der Waals surface area contributed by atoms with Gasteiger partial charge in [0.15, 0.2) is 5.17 Å². The molecule has 0 radical (unpaired) electrons. The monoisotopic (exact) mass is 372 g/mol. The molecule has 1 saturated heterocycles. The van der Waals surface area contributed by atoms with Gasteiger partial charge in [-0.05, 0) is 41.6 Å². The summed E-state index contributed by atoms with van der Waals surface area (Å²) in [6.07, 6.45) is 1.86. The van der Waals surface area contributed by atoms with E-state index >= 15 is 0 Å². The molecule has 0 aromatic heterocycles. The minimum absolute atomic E-state index is 0.0374. The maximum Gasteiger partial charge on any atom is 0.266 e. The lowest BCUT2D eigenvalue weighted by Gasteiger charge is -2.08. The van der Waals surface area contributed by atoms with E-state index in [1.54, 1.807) is 19.0 Å². The topological polar surface area (TPSA) is 41.9 Å². The molecule has 1 fully saturated rings. The minimum atomic E-state index is -0.0374. The van der Waals surface area contributed by atoms with E-state index in [-0.39, 0.29) is 5.91 Å². The Labute approximate surface area is 156 Å². The Bertz CT molecular complexity index is 847. The number of carbonyl (C=O) groups excluding carboxylic acids is 1. The van der Waals surface area contributed by atoms with Crippen LogP contribution in [-0.2, 0) is 11.4 Å². The molecule has 1 aliphatic rings. The van der Waals surface area contributed by atoms with Crippen molar-refractivity contribution in [2.45, 2.75) is 6.61 Å². The fraction of sp³-hybridized carbons (Fsp3) is 0.158. The van der Waals surface area contributed by atoms with Gasteiger partial charge in [0, 0.05) is 24.7 Å². The molecule has 0 saturated carbocycles. The SMILES string of the molecule is CN=C1S/C(=C/c2ccc(OCc3ccccc3Cl)cc2)C(=O)N1C. The van der Waals surface area contributed by atoms with Gasteiger partial charge in [-0.15, -0.1) is 0 Å². The molecule has 2 aromatic rings. The zero-order chi connectivity index (χ0) is 17.8. The number of benzene rings is 2. The highest BCUT2D eigenvalue weighted by Gasteiger charge is 2.29. The van der Waals surface area contributed by atoms with Crippen LogP contribution in [0, 0.1) is 0 Å². The van der Waals surface area contributed by atoms with Gasteiger partial charge >= 0.3 is 0 Å². The molecule has 1 aliphatic heterocycles. The van der Waals surface area contributed by atoms with Gasteiger partial charge in [0.25, 0.3) is 5.91 Å². The summed E-state index contributed by atoms with van der Waals surface area (Å²) in [5.41, 5.74) is 1.88. The first-order valence-corrected chi connectivity index (χ1v) is 8.88. The average molecular weight is 373 g/mol. The summed E-state index contributed by atoms with van der Waals surface area (Å²) in [6, 6.07) is 15.2. The van der Waals surface area contributed by atoms with Crippen LogP contribution in [0.2, 0.25) is 5.02 Å². The number of amidine groups is 1. The molecule has 128 valence electrons. The van der Waals surface area contributed by atoms with Crippen LogP contribution in [0.15, 0.2) is 58.4 Å². The van der Waals surface area contributed by atoms with Crippen molar-refractivity contribution in [3.05, 3.63) is 69.6 Å². The van der Waals surface area contributed by atoms with Crippen LogP contribution in [0.25, 0.3) is 6.08 Å². The first kappa shape index (κ1) is 17.6. The summed E-state index contributed by atoms with van der Waals surface area (Å²) < 4.78 is 5.77. The van der Waals surface area contributed by atoms with Crippen molar-refractivity contribution in [1.29, 1.82) is 0 Å². The van der Waals surface area contributed by atoms with E-state index in [0.717, 1.165) is 16.9 Å². The van der Waals surface area contributed by atoms with Crippen LogP contribution >= 0.6 is 23.4 Å². The number of ether oxygens (including phenoxy) is 1. The second kappa shape index (κ2) is 7.76. The summed E-state index contributed by atoms with van der Waals surface area (Å²) in [6.45, 7) is 0.412. The van der Waals surface area contributed by atoms with Gasteiger partial charge in [0.1, 0.15) is 12.4 Å². The lowest BCUT2D eigenvalue weighted by Crippen LogP contribution is -2.23. The number of hydrogen-bond acceptors (Lipinski definition) is 4. The summed E-state index contributed by atoms with van der Waals surface area (Å²) >= 11 is 7.50. The second-order valence-electron chi connectivity index (χ2n) is 5.43. The molecule has 0 bridgehead atoms. The van der Waals surface area contributed by atoms with Crippen molar-refractivity contribution in [3.63, 3.8) is 0 Å². The molecule has 0 spiro atoms. The van der Waals surface area contributed by atoms with Crippen molar-refractivity contribution in [1.82, 2.24) is 4.90 Å². The lowest BCUT2D eigenvalue weighted by molar-refractivity contribution is -0.121. The van der Waals surface area contributed by atoms with Crippen molar-refractivity contribution in [2.75, 3.05) is 14.1 Å². The Balaban J connectivity index is 1.68. The van der Waals surface area contributed by atoms with Crippen molar-refractivity contribution >= 4 is 40.5 Å². The molecule has 6 heteroatoms. The van der Waals surface area contributed by atoms with Gasteiger partial charge in [0.05, 0.1) is 4.91 Å². The number of carbonyl (C=O) groups is 1. The molecule has 25 heavy (non-hydrogen) atoms. The Hall–Kier alpha value is -2.24. The Morgan fingerprint density at radius 3 is 2.56 bits per heavy atom. The van der Waals surface area contributed by atoms with E-state index in [4.69, 9.17) is 16.3 Å². The predicted octanol–water partition coefficient (Wildman–Crippen LogP) is 4.45. The molecule has 0 aliphatic carbocycles. The molecule has 0 unspecified atom stereocenters. The summed E-state index contributed by atoms with van der Waals surface area (Å²) in [7, 11) is 3.41. The molecule has 1 amide bonds. The Morgan fingerprint density at radius 1 is 1.20 bits per heavy atom. The van der Waals surface area contributed by atoms with Crippen LogP contribution in [0.3, 0.4) is 0 Å². The maximum absolute atomic E-state index is 12.2. The van der Waals surface area contributed by atoms with E-state index in [1.807, 2.05) is 54.6 Å². The summed E-state index contributed by atoms with van der Waals surface area (Å²) in [5.74, 6) is 0.713. The molecule has 0 atom stereocenters. The zero-order valence-corrected chi connectivity index (χ0v) is 15.5. The molecule has 0 N–H and O–H groups in total. The normalized spacial score (nSPS) is 17.6. The van der Waals surface area contributed by atoms with E-state index in [9.17, 15) is 4.79 Å². The van der Waals surface area contributed by atoms with Gasteiger partial charge in [-0.3, -0.25) is 14.7 Å². The smallest absolute Gasteiger partial charge is 0.266 e. The van der Waals surface area contributed by atoms with Crippen molar-refractivity contribution in [3.8, 4) is 5.75 Å². The molecule has 4 nitrogen and oxygen atoms in total. The quantitative estimate of drug-likeness (QED) is 0.744. The maximum atomic E-state index is 12.2. The van der Waals surface area contributed by atoms with Gasteiger partial charge in [0.2, 0.25) is 0 Å². The fourth-order valence-electron chi connectivity index (χ4n) is 2.34. The number of thioether (sulfide) groups is 1. The summed E-state index contributed by atoms with van der Waals surface area (Å²) in [5, 5.41) is 1.40. The molecular formula is C19H17ClN2O2S. The van der Waals surface area contributed by atoms with Crippen LogP contribution < -0.4 is 4.74 Å².